The van der Waals surface area contributed by atoms with Crippen LogP contribution >= 0.6 is 0 Å². The van der Waals surface area contributed by atoms with E-state index in [1.165, 1.54) is 10.9 Å². The minimum absolute atomic E-state index is 0.0119. The van der Waals surface area contributed by atoms with Gasteiger partial charge in [-0.15, -0.1) is 0 Å². The van der Waals surface area contributed by atoms with Gasteiger partial charge in [0.1, 0.15) is 11.3 Å². The molecule has 3 rings (SSSR count). The second-order valence-corrected chi connectivity index (χ2v) is 4.86. The van der Waals surface area contributed by atoms with E-state index in [0.29, 0.717) is 18.3 Å². The first kappa shape index (κ1) is 13.6. The van der Waals surface area contributed by atoms with Gasteiger partial charge in [-0.1, -0.05) is 12.1 Å². The Labute approximate surface area is 119 Å². The molecule has 2 heterocycles. The SMILES string of the molecule is O=C(O)c1c(Cn2cc(F)cn2)ccc2c1OB(O)CC2. The lowest BCUT2D eigenvalue weighted by Crippen LogP contribution is -2.28. The molecule has 1 aromatic carbocycles. The van der Waals surface area contributed by atoms with Gasteiger partial charge in [-0.25, -0.2) is 9.18 Å². The Hall–Kier alpha value is -2.35. The monoisotopic (exact) mass is 290 g/mol. The number of rotatable bonds is 3. The molecule has 21 heavy (non-hydrogen) atoms. The minimum Gasteiger partial charge on any atom is -0.535 e. The topological polar surface area (TPSA) is 84.6 Å². The third-order valence-corrected chi connectivity index (χ3v) is 3.39. The first-order valence-corrected chi connectivity index (χ1v) is 6.45. The fraction of sp³-hybridized carbons (Fsp3) is 0.231. The number of hydrogen-bond donors (Lipinski definition) is 2. The van der Waals surface area contributed by atoms with Crippen LogP contribution in [0.15, 0.2) is 24.5 Å². The molecule has 6 nitrogen and oxygen atoms in total. The van der Waals surface area contributed by atoms with Gasteiger partial charge in [-0.05, 0) is 23.9 Å². The van der Waals surface area contributed by atoms with Crippen LogP contribution in [0.4, 0.5) is 4.39 Å². The average molecular weight is 290 g/mol. The van der Waals surface area contributed by atoms with Gasteiger partial charge in [0.25, 0.3) is 0 Å². The predicted molar refractivity (Wildman–Crippen MR) is 71.8 cm³/mol. The van der Waals surface area contributed by atoms with E-state index in [1.54, 1.807) is 12.1 Å². The molecule has 2 N–H and O–H groups in total. The quantitative estimate of drug-likeness (QED) is 0.829. The first-order valence-electron chi connectivity index (χ1n) is 6.45. The lowest BCUT2D eigenvalue weighted by Gasteiger charge is -2.23. The van der Waals surface area contributed by atoms with Crippen LogP contribution in [-0.2, 0) is 13.0 Å². The smallest absolute Gasteiger partial charge is 0.522 e. The number of carboxylic acid groups (broad SMARTS) is 1. The number of aromatic carboxylic acids is 1. The molecule has 0 radical (unpaired) electrons. The third kappa shape index (κ3) is 2.62. The zero-order valence-electron chi connectivity index (χ0n) is 11.0. The van der Waals surface area contributed by atoms with Gasteiger partial charge >= 0.3 is 13.1 Å². The van der Waals surface area contributed by atoms with Crippen LogP contribution in [0.3, 0.4) is 0 Å². The summed E-state index contributed by atoms with van der Waals surface area (Å²) in [5.41, 5.74) is 1.17. The summed E-state index contributed by atoms with van der Waals surface area (Å²) in [5.74, 6) is -1.45. The summed E-state index contributed by atoms with van der Waals surface area (Å²) in [6, 6.07) is 3.44. The number of carbonyl (C=O) groups is 1. The number of nitrogens with zero attached hydrogens (tertiary/aromatic N) is 2. The molecule has 8 heteroatoms. The highest BCUT2D eigenvalue weighted by Crippen LogP contribution is 2.33. The van der Waals surface area contributed by atoms with Gasteiger partial charge in [0, 0.05) is 0 Å². The second-order valence-electron chi connectivity index (χ2n) is 4.86. The molecule has 0 atom stereocenters. The Bertz CT molecular complexity index is 703. The summed E-state index contributed by atoms with van der Waals surface area (Å²) in [4.78, 5) is 11.5. The Morgan fingerprint density at radius 1 is 1.52 bits per heavy atom. The molecule has 0 saturated heterocycles. The number of hydrogen-bond acceptors (Lipinski definition) is 4. The zero-order chi connectivity index (χ0) is 15.0. The summed E-state index contributed by atoms with van der Waals surface area (Å²) in [6.07, 6.45) is 3.21. The molecule has 0 amide bonds. The van der Waals surface area contributed by atoms with Crippen molar-refractivity contribution in [2.45, 2.75) is 19.3 Å². The van der Waals surface area contributed by atoms with Gasteiger partial charge in [-0.2, -0.15) is 5.10 Å². The number of halogens is 1. The summed E-state index contributed by atoms with van der Waals surface area (Å²) >= 11 is 0. The van der Waals surface area contributed by atoms with Crippen molar-refractivity contribution in [2.75, 3.05) is 0 Å². The van der Waals surface area contributed by atoms with E-state index in [9.17, 15) is 19.3 Å². The molecule has 0 aliphatic carbocycles. The van der Waals surface area contributed by atoms with Crippen molar-refractivity contribution in [3.63, 3.8) is 0 Å². The van der Waals surface area contributed by atoms with Crippen molar-refractivity contribution in [1.29, 1.82) is 0 Å². The standard InChI is InChI=1S/C13H12BFN2O4/c15-10-5-16-17(7-10)6-9-2-1-8-3-4-14(20)21-12(8)11(9)13(18)19/h1-2,5,7,20H,3-4,6H2,(H,18,19). The second kappa shape index (κ2) is 5.21. The Morgan fingerprint density at radius 2 is 2.33 bits per heavy atom. The van der Waals surface area contributed by atoms with E-state index in [4.69, 9.17) is 4.65 Å². The van der Waals surface area contributed by atoms with Crippen molar-refractivity contribution in [2.24, 2.45) is 0 Å². The van der Waals surface area contributed by atoms with Crippen LogP contribution in [-0.4, -0.2) is 33.0 Å². The number of fused-ring (bicyclic) bond motifs is 1. The van der Waals surface area contributed by atoms with Gasteiger partial charge in [0.05, 0.1) is 18.9 Å². The number of aromatic nitrogens is 2. The van der Waals surface area contributed by atoms with Crippen LogP contribution in [0.2, 0.25) is 6.32 Å². The lowest BCUT2D eigenvalue weighted by atomic mass is 9.78. The molecule has 0 unspecified atom stereocenters. The minimum atomic E-state index is -1.15. The number of aryl methyl sites for hydroxylation is 1. The van der Waals surface area contributed by atoms with E-state index in [1.807, 2.05) is 0 Å². The molecular weight excluding hydrogens is 278 g/mol. The molecule has 0 bridgehead atoms. The maximum Gasteiger partial charge on any atom is 0.522 e. The van der Waals surface area contributed by atoms with E-state index in [0.717, 1.165) is 11.8 Å². The molecule has 1 aromatic heterocycles. The summed E-state index contributed by atoms with van der Waals surface area (Å²) in [5, 5.41) is 22.8. The fourth-order valence-electron chi connectivity index (χ4n) is 2.44. The molecule has 0 fully saturated rings. The summed E-state index contributed by atoms with van der Waals surface area (Å²) in [7, 11) is -1.01. The van der Waals surface area contributed by atoms with E-state index in [-0.39, 0.29) is 17.9 Å². The van der Waals surface area contributed by atoms with Gasteiger partial charge in [0.15, 0.2) is 5.82 Å². The molecule has 1 aliphatic heterocycles. The molecule has 0 saturated carbocycles. The van der Waals surface area contributed by atoms with Gasteiger partial charge in [-0.3, -0.25) is 4.68 Å². The molecule has 1 aliphatic rings. The van der Waals surface area contributed by atoms with E-state index >= 15 is 0 Å². The van der Waals surface area contributed by atoms with Crippen LogP contribution in [0.5, 0.6) is 5.75 Å². The van der Waals surface area contributed by atoms with Crippen molar-refractivity contribution in [3.05, 3.63) is 47.0 Å². The lowest BCUT2D eigenvalue weighted by molar-refractivity contribution is 0.0693. The van der Waals surface area contributed by atoms with Gasteiger partial charge in [0.2, 0.25) is 0 Å². The Morgan fingerprint density at radius 3 is 3.00 bits per heavy atom. The van der Waals surface area contributed by atoms with Crippen LogP contribution < -0.4 is 4.65 Å². The van der Waals surface area contributed by atoms with Crippen molar-refractivity contribution >= 4 is 13.1 Å². The fourth-order valence-corrected chi connectivity index (χ4v) is 2.44. The van der Waals surface area contributed by atoms with E-state index in [2.05, 4.69) is 5.10 Å². The molecular formula is C13H12BFN2O4. The first-order chi connectivity index (χ1) is 10.0. The number of benzene rings is 1. The van der Waals surface area contributed by atoms with Crippen molar-refractivity contribution < 1.29 is 24.0 Å². The highest BCUT2D eigenvalue weighted by molar-refractivity contribution is 6.44. The number of carboxylic acids is 1. The maximum atomic E-state index is 13.0. The zero-order valence-corrected chi connectivity index (χ0v) is 11.0. The van der Waals surface area contributed by atoms with E-state index < -0.39 is 18.9 Å². The van der Waals surface area contributed by atoms with Crippen molar-refractivity contribution in [3.8, 4) is 5.75 Å². The highest BCUT2D eigenvalue weighted by Gasteiger charge is 2.29. The average Bonchev–Trinajstić information content (AvgIpc) is 2.83. The maximum absolute atomic E-state index is 13.0. The normalized spacial score (nSPS) is 13.7. The van der Waals surface area contributed by atoms with Crippen LogP contribution in [0, 0.1) is 5.82 Å². The predicted octanol–water partition coefficient (Wildman–Crippen LogP) is 1.18. The highest BCUT2D eigenvalue weighted by atomic mass is 19.1. The summed E-state index contributed by atoms with van der Waals surface area (Å²) in [6.45, 7) is 0.109. The third-order valence-electron chi connectivity index (χ3n) is 3.39. The van der Waals surface area contributed by atoms with Crippen LogP contribution in [0.1, 0.15) is 21.5 Å². The molecule has 108 valence electrons. The summed E-state index contributed by atoms with van der Waals surface area (Å²) < 4.78 is 19.5. The molecule has 0 spiro atoms. The Balaban J connectivity index is 2.04. The van der Waals surface area contributed by atoms with Crippen molar-refractivity contribution in [1.82, 2.24) is 9.78 Å². The molecule has 2 aromatic rings. The largest absolute Gasteiger partial charge is 0.535 e. The van der Waals surface area contributed by atoms with Gasteiger partial charge < -0.3 is 14.8 Å². The Kier molecular flexibility index (Phi) is 3.38. The van der Waals surface area contributed by atoms with Crippen LogP contribution in [0.25, 0.3) is 0 Å².